The summed E-state index contributed by atoms with van der Waals surface area (Å²) in [5.41, 5.74) is 5.62. The quantitative estimate of drug-likeness (QED) is 0.864. The van der Waals surface area contributed by atoms with Gasteiger partial charge in [0.05, 0.1) is 0 Å². The average molecular weight is 268 g/mol. The molecule has 104 valence electrons. The van der Waals surface area contributed by atoms with Crippen LogP contribution in [0.2, 0.25) is 0 Å². The Hall–Kier alpha value is -2.36. The first-order valence-electron chi connectivity index (χ1n) is 6.56. The van der Waals surface area contributed by atoms with Gasteiger partial charge in [-0.1, -0.05) is 11.5 Å². The van der Waals surface area contributed by atoms with Gasteiger partial charge in [-0.05, 0) is 62.1 Å². The summed E-state index contributed by atoms with van der Waals surface area (Å²) in [7, 11) is 0. The third-order valence-corrected chi connectivity index (χ3v) is 3.71. The Balaban J connectivity index is 2.07. The van der Waals surface area contributed by atoms with Crippen molar-refractivity contribution in [3.8, 4) is 0 Å². The Bertz CT molecular complexity index is 695. The molecule has 0 saturated heterocycles. The van der Waals surface area contributed by atoms with Crippen LogP contribution < -0.4 is 10.2 Å². The number of rotatable bonds is 2. The summed E-state index contributed by atoms with van der Waals surface area (Å²) < 4.78 is 0. The fourth-order valence-electron chi connectivity index (χ4n) is 2.82. The minimum absolute atomic E-state index is 0.176. The molecule has 0 atom stereocenters. The van der Waals surface area contributed by atoms with E-state index in [-0.39, 0.29) is 22.7 Å². The lowest BCUT2D eigenvalue weighted by Gasteiger charge is -2.39. The molecule has 2 aromatic heterocycles. The first-order chi connectivity index (χ1) is 9.40. The Labute approximate surface area is 117 Å². The van der Waals surface area contributed by atoms with Gasteiger partial charge in [0, 0.05) is 22.8 Å². The number of H-pyrrole nitrogens is 2. The van der Waals surface area contributed by atoms with Gasteiger partial charge in [0.15, 0.2) is 0 Å². The smallest absolute Gasteiger partial charge is 0.0473 e. The van der Waals surface area contributed by atoms with E-state index in [2.05, 4.69) is 9.97 Å². The number of hydrogen-bond donors (Lipinski definition) is 2. The monoisotopic (exact) mass is 268 g/mol. The Morgan fingerprint density at radius 2 is 1.05 bits per heavy atom. The Morgan fingerprint density at radius 3 is 1.30 bits per heavy atom. The van der Waals surface area contributed by atoms with E-state index in [1.165, 1.54) is 0 Å². The van der Waals surface area contributed by atoms with Gasteiger partial charge in [-0.25, -0.2) is 0 Å². The van der Waals surface area contributed by atoms with E-state index in [1.54, 1.807) is 0 Å². The van der Waals surface area contributed by atoms with E-state index < -0.39 is 0 Å². The second-order valence-corrected chi connectivity index (χ2v) is 5.43. The molecule has 2 aromatic rings. The van der Waals surface area contributed by atoms with Gasteiger partial charge >= 0.3 is 0 Å². The van der Waals surface area contributed by atoms with Crippen molar-refractivity contribution in [1.29, 1.82) is 0 Å². The number of nitrogens with one attached hydrogen (secondary N) is 2. The number of aryl methyl sites for hydroxylation is 4. The number of hydrogen-bond acceptors (Lipinski definition) is 2. The maximum absolute atomic E-state index is 12.4. The molecule has 0 saturated carbocycles. The molecule has 4 nitrogen and oxygen atoms in total. The van der Waals surface area contributed by atoms with Crippen LogP contribution in [0.5, 0.6) is 0 Å². The molecule has 2 heterocycles. The molecule has 0 radical (unpaired) electrons. The van der Waals surface area contributed by atoms with E-state index >= 15 is 0 Å². The van der Waals surface area contributed by atoms with E-state index in [4.69, 9.17) is 0 Å². The molecular weight excluding hydrogens is 252 g/mol. The standard InChI is InChI=1S/C16H18N2O2/c1-7-5-9(3)17-13(7)11-15(19)12(16(11)20)14-8(2)6-10(4)18-14/h5-6,17-20H,1-4H3/p-2. The van der Waals surface area contributed by atoms with Crippen molar-refractivity contribution >= 4 is 11.1 Å². The lowest BCUT2D eigenvalue weighted by atomic mass is 9.87. The summed E-state index contributed by atoms with van der Waals surface area (Å²) in [6.07, 6.45) is 0. The van der Waals surface area contributed by atoms with Crippen LogP contribution in [-0.4, -0.2) is 9.97 Å². The van der Waals surface area contributed by atoms with Crippen molar-refractivity contribution in [2.45, 2.75) is 27.7 Å². The highest BCUT2D eigenvalue weighted by Gasteiger charge is 2.23. The van der Waals surface area contributed by atoms with Gasteiger partial charge in [0.1, 0.15) is 0 Å². The molecule has 0 aliphatic heterocycles. The SMILES string of the molecule is Cc1cc(C)c(C2=C([O-])C(c3[nH]c(C)cc3C)=C2[O-])[nH]1. The zero-order valence-corrected chi connectivity index (χ0v) is 12.0. The summed E-state index contributed by atoms with van der Waals surface area (Å²) in [6, 6.07) is 3.87. The molecule has 0 aromatic carbocycles. The number of aromatic nitrogens is 2. The van der Waals surface area contributed by atoms with Crippen LogP contribution in [0.3, 0.4) is 0 Å². The van der Waals surface area contributed by atoms with Crippen molar-refractivity contribution in [3.05, 3.63) is 57.6 Å². The maximum Gasteiger partial charge on any atom is 0.0473 e. The number of allylic oxidation sites excluding steroid dienone is 2. The molecule has 1 aliphatic rings. The molecule has 0 unspecified atom stereocenters. The molecule has 2 N–H and O–H groups in total. The van der Waals surface area contributed by atoms with Gasteiger partial charge in [0.2, 0.25) is 0 Å². The van der Waals surface area contributed by atoms with Crippen LogP contribution in [0.1, 0.15) is 33.9 Å². The molecular formula is C16H16N2O2-2. The van der Waals surface area contributed by atoms with E-state index in [1.807, 2.05) is 39.8 Å². The first-order valence-corrected chi connectivity index (χ1v) is 6.56. The molecule has 0 amide bonds. The van der Waals surface area contributed by atoms with E-state index in [9.17, 15) is 10.2 Å². The molecule has 1 aliphatic carbocycles. The fourth-order valence-corrected chi connectivity index (χ4v) is 2.82. The van der Waals surface area contributed by atoms with Crippen LogP contribution in [0.25, 0.3) is 11.1 Å². The van der Waals surface area contributed by atoms with Gasteiger partial charge in [-0.2, -0.15) is 0 Å². The van der Waals surface area contributed by atoms with Crippen LogP contribution in [0.4, 0.5) is 0 Å². The van der Waals surface area contributed by atoms with Crippen molar-refractivity contribution in [2.75, 3.05) is 0 Å². The second-order valence-electron chi connectivity index (χ2n) is 5.43. The van der Waals surface area contributed by atoms with Crippen molar-refractivity contribution in [3.63, 3.8) is 0 Å². The average Bonchev–Trinajstić information content (AvgIpc) is 2.83. The van der Waals surface area contributed by atoms with Crippen LogP contribution in [-0.2, 0) is 0 Å². The Morgan fingerprint density at radius 1 is 0.700 bits per heavy atom. The second kappa shape index (κ2) is 4.07. The number of aromatic amines is 2. The zero-order valence-electron chi connectivity index (χ0n) is 12.0. The molecule has 0 bridgehead atoms. The highest BCUT2D eigenvalue weighted by molar-refractivity contribution is 6.05. The summed E-state index contributed by atoms with van der Waals surface area (Å²) in [4.78, 5) is 6.19. The summed E-state index contributed by atoms with van der Waals surface area (Å²) in [6.45, 7) is 7.62. The zero-order chi connectivity index (χ0) is 14.6. The topological polar surface area (TPSA) is 77.7 Å². The van der Waals surface area contributed by atoms with Gasteiger partial charge in [-0.3, -0.25) is 0 Å². The minimum Gasteiger partial charge on any atom is -0.872 e. The highest BCUT2D eigenvalue weighted by Crippen LogP contribution is 2.42. The third-order valence-electron chi connectivity index (χ3n) is 3.71. The predicted molar refractivity (Wildman–Crippen MR) is 74.4 cm³/mol. The lowest BCUT2D eigenvalue weighted by Crippen LogP contribution is -2.27. The predicted octanol–water partition coefficient (Wildman–Crippen LogP) is 1.43. The molecule has 0 spiro atoms. The fraction of sp³-hybridized carbons (Fsp3) is 0.250. The maximum atomic E-state index is 12.4. The largest absolute Gasteiger partial charge is 0.872 e. The van der Waals surface area contributed by atoms with Crippen molar-refractivity contribution in [2.24, 2.45) is 0 Å². The Kier molecular flexibility index (Phi) is 2.57. The summed E-state index contributed by atoms with van der Waals surface area (Å²) in [5.74, 6) is -0.352. The minimum atomic E-state index is -0.176. The molecule has 3 rings (SSSR count). The summed E-state index contributed by atoms with van der Waals surface area (Å²) >= 11 is 0. The summed E-state index contributed by atoms with van der Waals surface area (Å²) in [5, 5.41) is 24.7. The van der Waals surface area contributed by atoms with Gasteiger partial charge < -0.3 is 20.2 Å². The molecule has 4 heteroatoms. The van der Waals surface area contributed by atoms with Crippen LogP contribution >= 0.6 is 0 Å². The van der Waals surface area contributed by atoms with Crippen LogP contribution in [0.15, 0.2) is 23.7 Å². The van der Waals surface area contributed by atoms with Crippen LogP contribution in [0, 0.1) is 27.7 Å². The molecule has 20 heavy (non-hydrogen) atoms. The van der Waals surface area contributed by atoms with Gasteiger partial charge in [-0.15, -0.1) is 0 Å². The van der Waals surface area contributed by atoms with E-state index in [0.717, 1.165) is 22.5 Å². The highest BCUT2D eigenvalue weighted by atomic mass is 16.3. The lowest BCUT2D eigenvalue weighted by molar-refractivity contribution is -0.316. The normalized spacial score (nSPS) is 15.0. The van der Waals surface area contributed by atoms with E-state index in [0.29, 0.717) is 11.4 Å². The first kappa shape index (κ1) is 12.7. The third kappa shape index (κ3) is 1.61. The molecule has 0 fully saturated rings. The van der Waals surface area contributed by atoms with Crippen molar-refractivity contribution < 1.29 is 10.2 Å². The van der Waals surface area contributed by atoms with Crippen molar-refractivity contribution in [1.82, 2.24) is 9.97 Å². The van der Waals surface area contributed by atoms with Gasteiger partial charge in [0.25, 0.3) is 0 Å².